The predicted molar refractivity (Wildman–Crippen MR) is 95.7 cm³/mol. The third-order valence-electron chi connectivity index (χ3n) is 4.57. The van der Waals surface area contributed by atoms with Gasteiger partial charge in [-0.05, 0) is 31.9 Å². The van der Waals surface area contributed by atoms with Gasteiger partial charge in [-0.1, -0.05) is 43.2 Å². The number of thioether (sulfide) groups is 1. The lowest BCUT2D eigenvalue weighted by atomic mass is 9.83. The standard InChI is InChI=1S/C18H22N4OS/c1-2-22-15-9-5-4-8-14(15)20-17(22)24-12-16(23)21-18(13-19)10-6-3-7-11-18/h4-5,8-9H,2-3,6-7,10-12H2,1H3,(H,21,23). The van der Waals surface area contributed by atoms with Crippen LogP contribution in [0.5, 0.6) is 0 Å². The number of carbonyl (C=O) groups excluding carboxylic acids is 1. The number of nitriles is 1. The summed E-state index contributed by atoms with van der Waals surface area (Å²) >= 11 is 1.43. The number of aryl methyl sites for hydroxylation is 1. The van der Waals surface area contributed by atoms with Crippen LogP contribution < -0.4 is 5.32 Å². The molecule has 1 N–H and O–H groups in total. The Labute approximate surface area is 146 Å². The summed E-state index contributed by atoms with van der Waals surface area (Å²) in [6, 6.07) is 10.3. The van der Waals surface area contributed by atoms with Crippen LogP contribution in [0.4, 0.5) is 0 Å². The van der Waals surface area contributed by atoms with Gasteiger partial charge >= 0.3 is 0 Å². The van der Waals surface area contributed by atoms with Crippen molar-refractivity contribution in [2.45, 2.75) is 56.3 Å². The van der Waals surface area contributed by atoms with E-state index in [9.17, 15) is 10.1 Å². The van der Waals surface area contributed by atoms with Gasteiger partial charge < -0.3 is 9.88 Å². The van der Waals surface area contributed by atoms with E-state index in [0.717, 1.165) is 54.8 Å². The van der Waals surface area contributed by atoms with E-state index in [1.165, 1.54) is 11.8 Å². The van der Waals surface area contributed by atoms with Crippen LogP contribution in [0.25, 0.3) is 11.0 Å². The summed E-state index contributed by atoms with van der Waals surface area (Å²) in [6.07, 6.45) is 4.68. The molecule has 1 aliphatic carbocycles. The first-order valence-corrected chi connectivity index (χ1v) is 9.46. The first-order chi connectivity index (χ1) is 11.7. The lowest BCUT2D eigenvalue weighted by Gasteiger charge is -2.31. The van der Waals surface area contributed by atoms with Crippen LogP contribution in [-0.2, 0) is 11.3 Å². The Morgan fingerprint density at radius 3 is 2.83 bits per heavy atom. The highest BCUT2D eigenvalue weighted by atomic mass is 32.2. The maximum absolute atomic E-state index is 12.3. The Hall–Kier alpha value is -2.00. The van der Waals surface area contributed by atoms with Crippen molar-refractivity contribution >= 4 is 28.7 Å². The molecular formula is C18H22N4OS. The number of amides is 1. The van der Waals surface area contributed by atoms with Gasteiger partial charge in [0.2, 0.25) is 5.91 Å². The van der Waals surface area contributed by atoms with Gasteiger partial charge in [-0.2, -0.15) is 5.26 Å². The zero-order chi connectivity index (χ0) is 17.0. The molecule has 1 saturated carbocycles. The first kappa shape index (κ1) is 16.8. The van der Waals surface area contributed by atoms with Gasteiger partial charge in [0.1, 0.15) is 5.54 Å². The van der Waals surface area contributed by atoms with E-state index < -0.39 is 5.54 Å². The van der Waals surface area contributed by atoms with Crippen molar-refractivity contribution in [3.63, 3.8) is 0 Å². The Morgan fingerprint density at radius 1 is 1.38 bits per heavy atom. The number of hydrogen-bond donors (Lipinski definition) is 1. The molecule has 24 heavy (non-hydrogen) atoms. The van der Waals surface area contributed by atoms with Crippen molar-refractivity contribution in [2.75, 3.05) is 5.75 Å². The molecule has 1 amide bonds. The summed E-state index contributed by atoms with van der Waals surface area (Å²) in [5.74, 6) is 0.199. The third-order valence-corrected chi connectivity index (χ3v) is 5.54. The number of imidazole rings is 1. The van der Waals surface area contributed by atoms with Crippen LogP contribution in [-0.4, -0.2) is 26.8 Å². The number of rotatable bonds is 5. The van der Waals surface area contributed by atoms with Crippen LogP contribution in [0.2, 0.25) is 0 Å². The van der Waals surface area contributed by atoms with E-state index in [1.54, 1.807) is 0 Å². The summed E-state index contributed by atoms with van der Waals surface area (Å²) in [5.41, 5.74) is 1.37. The molecule has 0 bridgehead atoms. The molecule has 1 aromatic carbocycles. The molecule has 1 aliphatic rings. The first-order valence-electron chi connectivity index (χ1n) is 8.48. The van der Waals surface area contributed by atoms with E-state index in [2.05, 4.69) is 27.9 Å². The van der Waals surface area contributed by atoms with E-state index in [-0.39, 0.29) is 11.7 Å². The van der Waals surface area contributed by atoms with Gasteiger partial charge in [0.15, 0.2) is 5.16 Å². The number of hydrogen-bond acceptors (Lipinski definition) is 4. The van der Waals surface area contributed by atoms with E-state index >= 15 is 0 Å². The Balaban J connectivity index is 1.67. The van der Waals surface area contributed by atoms with E-state index in [4.69, 9.17) is 0 Å². The molecule has 1 heterocycles. The van der Waals surface area contributed by atoms with Crippen LogP contribution in [0.3, 0.4) is 0 Å². The highest BCUT2D eigenvalue weighted by Gasteiger charge is 2.33. The SMILES string of the molecule is CCn1c(SCC(=O)NC2(C#N)CCCCC2)nc2ccccc21. The maximum Gasteiger partial charge on any atom is 0.231 e. The molecule has 0 radical (unpaired) electrons. The average Bonchev–Trinajstić information content (AvgIpc) is 2.98. The van der Waals surface area contributed by atoms with Crippen molar-refractivity contribution in [1.29, 1.82) is 5.26 Å². The second kappa shape index (κ2) is 7.27. The van der Waals surface area contributed by atoms with Gasteiger partial charge in [-0.3, -0.25) is 4.79 Å². The monoisotopic (exact) mass is 342 g/mol. The fourth-order valence-corrected chi connectivity index (χ4v) is 4.20. The van der Waals surface area contributed by atoms with Crippen LogP contribution in [0, 0.1) is 11.3 Å². The summed E-state index contributed by atoms with van der Waals surface area (Å²) in [7, 11) is 0. The highest BCUT2D eigenvalue weighted by Crippen LogP contribution is 2.28. The lowest BCUT2D eigenvalue weighted by molar-refractivity contribution is -0.120. The molecule has 0 aliphatic heterocycles. The Kier molecular flexibility index (Phi) is 5.10. The normalized spacial score (nSPS) is 16.7. The lowest BCUT2D eigenvalue weighted by Crippen LogP contribution is -2.49. The number of benzene rings is 1. The largest absolute Gasteiger partial charge is 0.337 e. The van der Waals surface area contributed by atoms with Crippen molar-refractivity contribution in [1.82, 2.24) is 14.9 Å². The third kappa shape index (κ3) is 3.41. The van der Waals surface area contributed by atoms with Gasteiger partial charge in [0.05, 0.1) is 22.9 Å². The highest BCUT2D eigenvalue weighted by molar-refractivity contribution is 7.99. The smallest absolute Gasteiger partial charge is 0.231 e. The number of nitrogens with one attached hydrogen (secondary N) is 1. The minimum atomic E-state index is -0.666. The fraction of sp³-hybridized carbons (Fsp3) is 0.500. The summed E-state index contributed by atoms with van der Waals surface area (Å²) in [6.45, 7) is 2.89. The maximum atomic E-state index is 12.3. The van der Waals surface area contributed by atoms with Crippen LogP contribution >= 0.6 is 11.8 Å². The summed E-state index contributed by atoms with van der Waals surface area (Å²) in [5, 5.41) is 13.3. The summed E-state index contributed by atoms with van der Waals surface area (Å²) < 4.78 is 2.12. The zero-order valence-electron chi connectivity index (χ0n) is 13.9. The van der Waals surface area contributed by atoms with Crippen LogP contribution in [0.1, 0.15) is 39.0 Å². The van der Waals surface area contributed by atoms with E-state index in [0.29, 0.717) is 0 Å². The predicted octanol–water partition coefficient (Wildman–Crippen LogP) is 3.49. The molecule has 2 aromatic rings. The molecule has 0 saturated heterocycles. The van der Waals surface area contributed by atoms with Crippen molar-refractivity contribution in [2.24, 2.45) is 0 Å². The topological polar surface area (TPSA) is 70.7 Å². The Morgan fingerprint density at radius 2 is 2.12 bits per heavy atom. The molecular weight excluding hydrogens is 320 g/mol. The molecule has 5 nitrogen and oxygen atoms in total. The molecule has 3 rings (SSSR count). The average molecular weight is 342 g/mol. The van der Waals surface area contributed by atoms with Gasteiger partial charge in [0.25, 0.3) is 0 Å². The quantitative estimate of drug-likeness (QED) is 0.844. The van der Waals surface area contributed by atoms with Crippen LogP contribution in [0.15, 0.2) is 29.4 Å². The van der Waals surface area contributed by atoms with Crippen molar-refractivity contribution < 1.29 is 4.79 Å². The second-order valence-electron chi connectivity index (χ2n) is 6.22. The zero-order valence-corrected chi connectivity index (χ0v) is 14.7. The van der Waals surface area contributed by atoms with Gasteiger partial charge in [-0.15, -0.1) is 0 Å². The molecule has 6 heteroatoms. The molecule has 1 aromatic heterocycles. The van der Waals surface area contributed by atoms with Crippen molar-refractivity contribution in [3.8, 4) is 6.07 Å². The number of nitrogens with zero attached hydrogens (tertiary/aromatic N) is 3. The number of aromatic nitrogens is 2. The minimum absolute atomic E-state index is 0.0850. The summed E-state index contributed by atoms with van der Waals surface area (Å²) in [4.78, 5) is 17.0. The van der Waals surface area contributed by atoms with Gasteiger partial charge in [-0.25, -0.2) is 4.98 Å². The molecule has 0 atom stereocenters. The van der Waals surface area contributed by atoms with E-state index in [1.807, 2.05) is 24.3 Å². The molecule has 0 unspecified atom stereocenters. The molecule has 0 spiro atoms. The van der Waals surface area contributed by atoms with Gasteiger partial charge in [0, 0.05) is 6.54 Å². The van der Waals surface area contributed by atoms with Crippen molar-refractivity contribution in [3.05, 3.63) is 24.3 Å². The Bertz CT molecular complexity index is 771. The molecule has 1 fully saturated rings. The number of para-hydroxylation sites is 2. The number of carbonyl (C=O) groups is 1. The fourth-order valence-electron chi connectivity index (χ4n) is 3.32. The minimum Gasteiger partial charge on any atom is -0.337 e. The molecule has 126 valence electrons. The number of fused-ring (bicyclic) bond motifs is 1. The second-order valence-corrected chi connectivity index (χ2v) is 7.16.